The van der Waals surface area contributed by atoms with Crippen molar-refractivity contribution in [1.29, 1.82) is 0 Å². The Balaban J connectivity index is 1.34. The number of nitrogens with zero attached hydrogens (tertiary/aromatic N) is 3. The first-order valence-electron chi connectivity index (χ1n) is 20.2. The Morgan fingerprint density at radius 2 is 1.19 bits per heavy atom. The predicted octanol–water partition coefficient (Wildman–Crippen LogP) is 14.0. The molecular weight excluding hydrogens is 699 g/mol. The van der Waals surface area contributed by atoms with Crippen molar-refractivity contribution in [2.75, 3.05) is 0 Å². The van der Waals surface area contributed by atoms with Gasteiger partial charge in [0, 0.05) is 38.8 Å². The lowest BCUT2D eigenvalue weighted by Crippen LogP contribution is -2.44. The van der Waals surface area contributed by atoms with Crippen molar-refractivity contribution < 1.29 is 9.52 Å². The number of imidazole rings is 1. The number of aromatic hydroxyl groups is 1. The summed E-state index contributed by atoms with van der Waals surface area (Å²) in [5, 5.41) is 16.2. The van der Waals surface area contributed by atoms with Crippen molar-refractivity contribution >= 4 is 43.7 Å². The molecule has 57 heavy (non-hydrogen) atoms. The number of fused-ring (bicyclic) bond motifs is 9. The highest BCUT2D eigenvalue weighted by atomic mass is 16.3. The van der Waals surface area contributed by atoms with Gasteiger partial charge in [0.2, 0.25) is 0 Å². The van der Waals surface area contributed by atoms with Crippen LogP contribution in [-0.4, -0.2) is 19.6 Å². The maximum Gasteiger partial charge on any atom is 0.149 e. The van der Waals surface area contributed by atoms with Crippen LogP contribution in [0.4, 0.5) is 0 Å². The lowest BCUT2D eigenvalue weighted by molar-refractivity contribution is 0.300. The van der Waals surface area contributed by atoms with Gasteiger partial charge in [-0.1, -0.05) is 152 Å². The molecule has 1 aliphatic rings. The summed E-state index contributed by atoms with van der Waals surface area (Å²) in [5.74, 6) is 1.26. The van der Waals surface area contributed by atoms with Gasteiger partial charge in [-0.25, -0.2) is 9.97 Å². The zero-order valence-corrected chi connectivity index (χ0v) is 33.9. The summed E-state index contributed by atoms with van der Waals surface area (Å²) in [6.07, 6.45) is 0. The molecule has 282 valence electrons. The fraction of sp³-hybridized carbons (Fsp3) is 0.231. The van der Waals surface area contributed by atoms with E-state index in [9.17, 15) is 5.11 Å². The fourth-order valence-electron chi connectivity index (χ4n) is 9.59. The molecule has 0 radical (unpaired) electrons. The quantitative estimate of drug-likeness (QED) is 0.190. The SMILES string of the molecule is CC(C)c1cccc(C(C)C)c1-n1c(-c2cc3c(cc2O)oc2ccccc23)nc2c(-c3nc4c(c5ccccc35)C(C)(C)C(C)(C)c3ccccc3-4)cccc21. The van der Waals surface area contributed by atoms with Crippen molar-refractivity contribution in [3.8, 4) is 45.3 Å². The van der Waals surface area contributed by atoms with Crippen LogP contribution in [0.5, 0.6) is 5.75 Å². The molecule has 1 N–H and O–H groups in total. The molecule has 0 atom stereocenters. The molecule has 3 aromatic heterocycles. The molecule has 0 unspecified atom stereocenters. The van der Waals surface area contributed by atoms with E-state index in [1.54, 1.807) is 6.07 Å². The van der Waals surface area contributed by atoms with Crippen LogP contribution in [-0.2, 0) is 10.8 Å². The number of hydrogen-bond donors (Lipinski definition) is 1. The predicted molar refractivity (Wildman–Crippen MR) is 236 cm³/mol. The number of hydrogen-bond acceptors (Lipinski definition) is 4. The molecule has 0 saturated heterocycles. The van der Waals surface area contributed by atoms with Gasteiger partial charge in [0.15, 0.2) is 0 Å². The number of phenols is 1. The molecule has 9 aromatic rings. The summed E-state index contributed by atoms with van der Waals surface area (Å²) in [6, 6.07) is 42.5. The first kappa shape index (κ1) is 35.2. The van der Waals surface area contributed by atoms with Gasteiger partial charge < -0.3 is 9.52 Å². The Bertz CT molecular complexity index is 3080. The Morgan fingerprint density at radius 1 is 0.561 bits per heavy atom. The van der Waals surface area contributed by atoms with Crippen LogP contribution in [0.15, 0.2) is 126 Å². The third-order valence-corrected chi connectivity index (χ3v) is 13.2. The van der Waals surface area contributed by atoms with Gasteiger partial charge in [0.05, 0.1) is 33.7 Å². The number of phenolic OH excluding ortho intramolecular Hbond substituents is 1. The third-order valence-electron chi connectivity index (χ3n) is 13.2. The number of pyridine rings is 1. The fourth-order valence-corrected chi connectivity index (χ4v) is 9.59. The molecule has 10 rings (SSSR count). The van der Waals surface area contributed by atoms with Gasteiger partial charge in [-0.05, 0) is 63.1 Å². The number of aromatic nitrogens is 3. The molecule has 0 fully saturated rings. The smallest absolute Gasteiger partial charge is 0.149 e. The molecule has 0 bridgehead atoms. The zero-order valence-electron chi connectivity index (χ0n) is 33.9. The van der Waals surface area contributed by atoms with Crippen LogP contribution in [0.2, 0.25) is 0 Å². The summed E-state index contributed by atoms with van der Waals surface area (Å²) in [6.45, 7) is 18.5. The molecular formula is C52H47N3O2. The molecule has 0 amide bonds. The van der Waals surface area contributed by atoms with Crippen LogP contribution < -0.4 is 0 Å². The van der Waals surface area contributed by atoms with E-state index in [1.165, 1.54) is 33.2 Å². The van der Waals surface area contributed by atoms with Gasteiger partial charge in [0.1, 0.15) is 22.7 Å². The first-order valence-corrected chi connectivity index (χ1v) is 20.2. The van der Waals surface area contributed by atoms with Gasteiger partial charge in [-0.15, -0.1) is 0 Å². The average molecular weight is 746 g/mol. The van der Waals surface area contributed by atoms with E-state index in [0.29, 0.717) is 17.0 Å². The highest BCUT2D eigenvalue weighted by molar-refractivity contribution is 6.09. The Hall–Kier alpha value is -6.20. The van der Waals surface area contributed by atoms with E-state index in [1.807, 2.05) is 24.3 Å². The number of para-hydroxylation sites is 3. The maximum atomic E-state index is 12.0. The van der Waals surface area contributed by atoms with Crippen molar-refractivity contribution in [1.82, 2.24) is 14.5 Å². The van der Waals surface area contributed by atoms with E-state index in [2.05, 4.69) is 151 Å². The molecule has 1 aliphatic carbocycles. The first-order chi connectivity index (χ1) is 27.4. The largest absolute Gasteiger partial charge is 0.507 e. The van der Waals surface area contributed by atoms with Gasteiger partial charge >= 0.3 is 0 Å². The summed E-state index contributed by atoms with van der Waals surface area (Å²) in [7, 11) is 0. The molecule has 0 saturated carbocycles. The van der Waals surface area contributed by atoms with Crippen molar-refractivity contribution in [2.45, 2.75) is 78.1 Å². The Labute approximate surface area is 333 Å². The van der Waals surface area contributed by atoms with Crippen LogP contribution in [0.25, 0.3) is 83.3 Å². The van der Waals surface area contributed by atoms with Crippen molar-refractivity contribution in [3.05, 3.63) is 144 Å². The van der Waals surface area contributed by atoms with Crippen molar-refractivity contribution in [2.24, 2.45) is 0 Å². The minimum absolute atomic E-state index is 0.117. The summed E-state index contributed by atoms with van der Waals surface area (Å²) >= 11 is 0. The number of furan rings is 1. The monoisotopic (exact) mass is 745 g/mol. The van der Waals surface area contributed by atoms with Crippen LogP contribution in [0, 0.1) is 0 Å². The van der Waals surface area contributed by atoms with E-state index >= 15 is 0 Å². The Kier molecular flexibility index (Phi) is 7.66. The van der Waals surface area contributed by atoms with Gasteiger partial charge in [0.25, 0.3) is 0 Å². The van der Waals surface area contributed by atoms with E-state index in [4.69, 9.17) is 14.4 Å². The van der Waals surface area contributed by atoms with Gasteiger partial charge in [-0.3, -0.25) is 4.57 Å². The third kappa shape index (κ3) is 4.94. The minimum atomic E-state index is -0.205. The zero-order chi connectivity index (χ0) is 39.5. The normalized spacial score (nSPS) is 14.6. The summed E-state index contributed by atoms with van der Waals surface area (Å²) in [4.78, 5) is 11.3. The van der Waals surface area contributed by atoms with E-state index < -0.39 is 0 Å². The average Bonchev–Trinajstić information content (AvgIpc) is 3.76. The Morgan fingerprint density at radius 3 is 1.93 bits per heavy atom. The lowest BCUT2D eigenvalue weighted by Gasteiger charge is -2.48. The lowest BCUT2D eigenvalue weighted by atomic mass is 9.55. The topological polar surface area (TPSA) is 64.1 Å². The second kappa shape index (κ2) is 12.4. The molecule has 3 heterocycles. The maximum absolute atomic E-state index is 12.0. The summed E-state index contributed by atoms with van der Waals surface area (Å²) in [5.41, 5.74) is 13.7. The highest BCUT2D eigenvalue weighted by Crippen LogP contribution is 2.56. The molecule has 6 aromatic carbocycles. The van der Waals surface area contributed by atoms with Crippen LogP contribution in [0.1, 0.15) is 89.5 Å². The molecule has 0 spiro atoms. The number of rotatable bonds is 5. The second-order valence-electron chi connectivity index (χ2n) is 17.5. The van der Waals surface area contributed by atoms with E-state index in [-0.39, 0.29) is 28.4 Å². The molecule has 5 nitrogen and oxygen atoms in total. The van der Waals surface area contributed by atoms with Gasteiger partial charge in [-0.2, -0.15) is 0 Å². The molecule has 5 heteroatoms. The standard InChI is InChI=1S/C52H47N3O2/c1-29(2)31-21-15-22-32(30(3)4)49(31)55-41-25-16-23-37(47(41)54-50(55)39-27-38-33-17-12-14-26-43(33)57-44(38)28-42(39)56)46-35-19-10-9-18-34(35)45-48(53-46)36-20-11-13-24-40(36)51(5,6)52(45,7)8/h9-30,56H,1-8H3. The second-order valence-corrected chi connectivity index (χ2v) is 17.5. The minimum Gasteiger partial charge on any atom is -0.507 e. The number of benzene rings is 6. The van der Waals surface area contributed by atoms with E-state index in [0.717, 1.165) is 55.4 Å². The highest BCUT2D eigenvalue weighted by Gasteiger charge is 2.47. The summed E-state index contributed by atoms with van der Waals surface area (Å²) < 4.78 is 8.52. The van der Waals surface area contributed by atoms with Crippen LogP contribution in [0.3, 0.4) is 0 Å². The van der Waals surface area contributed by atoms with Crippen LogP contribution >= 0.6 is 0 Å². The molecule has 0 aliphatic heterocycles. The van der Waals surface area contributed by atoms with Crippen molar-refractivity contribution in [3.63, 3.8) is 0 Å².